The summed E-state index contributed by atoms with van der Waals surface area (Å²) in [6.45, 7) is 5.21. The fraction of sp³-hybridized carbons (Fsp3) is 0.364. The fourth-order valence-corrected chi connectivity index (χ4v) is 5.76. The number of aryl methyl sites for hydroxylation is 1. The van der Waals surface area contributed by atoms with E-state index in [9.17, 15) is 9.90 Å². The zero-order valence-electron chi connectivity index (χ0n) is 16.3. The molecule has 1 aromatic carbocycles. The van der Waals surface area contributed by atoms with Gasteiger partial charge in [-0.3, -0.25) is 9.78 Å². The Balaban J connectivity index is 1.88. The monoisotopic (exact) mass is 448 g/mol. The number of carbonyl (C=O) groups is 1. The lowest BCUT2D eigenvalue weighted by Gasteiger charge is -2.13. The van der Waals surface area contributed by atoms with E-state index in [1.165, 1.54) is 21.5 Å². The number of hydrogen-bond donors (Lipinski definition) is 1. The quantitative estimate of drug-likeness (QED) is 0.442. The molecule has 152 valence electrons. The molecule has 1 unspecified atom stereocenters. The molecule has 0 fully saturated rings. The van der Waals surface area contributed by atoms with Gasteiger partial charge in [0.05, 0.1) is 21.3 Å². The molecular formula is C22H22Cl2N2O2S. The third kappa shape index (κ3) is 3.88. The van der Waals surface area contributed by atoms with Gasteiger partial charge in [-0.15, -0.1) is 0 Å². The lowest BCUT2D eigenvalue weighted by molar-refractivity contribution is -0.137. The smallest absolute Gasteiger partial charge is 0.303 e. The van der Waals surface area contributed by atoms with Gasteiger partial charge in [0.1, 0.15) is 0 Å². The summed E-state index contributed by atoms with van der Waals surface area (Å²) in [6.07, 6.45) is 3.67. The maximum atomic E-state index is 11.2. The molecule has 0 amide bonds. The summed E-state index contributed by atoms with van der Waals surface area (Å²) in [7, 11) is 0. The SMILES string of the molecule is CC(C)c1nccc2c1c(Sc1ccc(Cl)c(Cl)c1)c1n2CCC1CCC(=O)O. The molecule has 2 aromatic heterocycles. The van der Waals surface area contributed by atoms with Crippen molar-refractivity contribution < 1.29 is 9.90 Å². The summed E-state index contributed by atoms with van der Waals surface area (Å²) in [5.41, 5.74) is 3.48. The van der Waals surface area contributed by atoms with Crippen molar-refractivity contribution in [2.75, 3.05) is 0 Å². The molecule has 1 aliphatic heterocycles. The van der Waals surface area contributed by atoms with Crippen molar-refractivity contribution in [1.82, 2.24) is 9.55 Å². The number of aliphatic carboxylic acids is 1. The summed E-state index contributed by atoms with van der Waals surface area (Å²) in [5.74, 6) is -0.237. The highest BCUT2D eigenvalue weighted by Crippen LogP contribution is 2.48. The average Bonchev–Trinajstić information content (AvgIpc) is 3.22. The molecule has 1 atom stereocenters. The van der Waals surface area contributed by atoms with E-state index >= 15 is 0 Å². The standard InChI is InChI=1S/C22H22Cl2N2O2S/c1-12(2)20-19-17(7-9-25-20)26-10-8-13(3-6-18(27)28)21(26)22(19)29-14-4-5-15(23)16(24)11-14/h4-5,7,9,11-13H,3,6,8,10H2,1-2H3,(H,27,28). The van der Waals surface area contributed by atoms with E-state index in [2.05, 4.69) is 29.5 Å². The van der Waals surface area contributed by atoms with Crippen LogP contribution in [-0.2, 0) is 11.3 Å². The van der Waals surface area contributed by atoms with Crippen molar-refractivity contribution in [2.45, 2.75) is 61.3 Å². The van der Waals surface area contributed by atoms with Crippen molar-refractivity contribution in [3.05, 3.63) is 51.9 Å². The number of rotatable bonds is 6. The molecule has 29 heavy (non-hydrogen) atoms. The second-order valence-corrected chi connectivity index (χ2v) is 9.61. The molecule has 4 nitrogen and oxygen atoms in total. The second-order valence-electron chi connectivity index (χ2n) is 7.71. The molecular weight excluding hydrogens is 427 g/mol. The molecule has 1 N–H and O–H groups in total. The van der Waals surface area contributed by atoms with Crippen molar-refractivity contribution in [1.29, 1.82) is 0 Å². The highest BCUT2D eigenvalue weighted by Gasteiger charge is 2.32. The predicted molar refractivity (Wildman–Crippen MR) is 119 cm³/mol. The first-order valence-corrected chi connectivity index (χ1v) is 11.3. The predicted octanol–water partition coefficient (Wildman–Crippen LogP) is 6.97. The summed E-state index contributed by atoms with van der Waals surface area (Å²) in [6, 6.07) is 7.75. The molecule has 0 saturated heterocycles. The van der Waals surface area contributed by atoms with Gasteiger partial charge in [0.15, 0.2) is 0 Å². The molecule has 4 rings (SSSR count). The summed E-state index contributed by atoms with van der Waals surface area (Å²) in [5, 5.41) is 11.4. The highest BCUT2D eigenvalue weighted by molar-refractivity contribution is 7.99. The summed E-state index contributed by atoms with van der Waals surface area (Å²) < 4.78 is 2.36. The maximum Gasteiger partial charge on any atom is 0.303 e. The zero-order valence-corrected chi connectivity index (χ0v) is 18.6. The van der Waals surface area contributed by atoms with Crippen LogP contribution in [0.4, 0.5) is 0 Å². The molecule has 3 heterocycles. The van der Waals surface area contributed by atoms with Crippen LogP contribution in [0.2, 0.25) is 10.0 Å². The van der Waals surface area contributed by atoms with Gasteiger partial charge in [-0.05, 0) is 43.0 Å². The van der Waals surface area contributed by atoms with Crippen LogP contribution in [0.3, 0.4) is 0 Å². The number of carboxylic acids is 1. The summed E-state index contributed by atoms with van der Waals surface area (Å²) >= 11 is 14.0. The Labute approximate surface area is 184 Å². The maximum absolute atomic E-state index is 11.2. The molecule has 0 bridgehead atoms. The Kier molecular flexibility index (Phi) is 5.83. The Morgan fingerprint density at radius 1 is 1.31 bits per heavy atom. The van der Waals surface area contributed by atoms with Gasteiger partial charge in [0.25, 0.3) is 0 Å². The Morgan fingerprint density at radius 2 is 2.10 bits per heavy atom. The molecule has 3 aromatic rings. The van der Waals surface area contributed by atoms with Crippen LogP contribution in [-0.4, -0.2) is 20.6 Å². The first-order valence-electron chi connectivity index (χ1n) is 9.72. The summed E-state index contributed by atoms with van der Waals surface area (Å²) in [4.78, 5) is 18.0. The topological polar surface area (TPSA) is 55.1 Å². The number of pyridine rings is 1. The van der Waals surface area contributed by atoms with Crippen LogP contribution < -0.4 is 0 Å². The first-order chi connectivity index (χ1) is 13.9. The van der Waals surface area contributed by atoms with E-state index in [0.717, 1.165) is 23.6 Å². The third-order valence-corrected chi connectivity index (χ3v) is 7.30. The van der Waals surface area contributed by atoms with Crippen molar-refractivity contribution in [2.24, 2.45) is 0 Å². The third-order valence-electron chi connectivity index (χ3n) is 5.45. The van der Waals surface area contributed by atoms with Crippen molar-refractivity contribution >= 4 is 51.8 Å². The van der Waals surface area contributed by atoms with E-state index in [4.69, 9.17) is 23.2 Å². The lowest BCUT2D eigenvalue weighted by Crippen LogP contribution is -2.01. The first kappa shape index (κ1) is 20.6. The minimum Gasteiger partial charge on any atom is -0.481 e. The van der Waals surface area contributed by atoms with Gasteiger partial charge >= 0.3 is 5.97 Å². The normalized spacial score (nSPS) is 16.0. The lowest BCUT2D eigenvalue weighted by atomic mass is 9.97. The van der Waals surface area contributed by atoms with Crippen LogP contribution in [0.25, 0.3) is 10.9 Å². The van der Waals surface area contributed by atoms with E-state index in [1.54, 1.807) is 11.8 Å². The number of fused-ring (bicyclic) bond motifs is 3. The molecule has 0 aliphatic carbocycles. The van der Waals surface area contributed by atoms with Gasteiger partial charge < -0.3 is 9.67 Å². The average molecular weight is 449 g/mol. The Morgan fingerprint density at radius 3 is 2.79 bits per heavy atom. The highest BCUT2D eigenvalue weighted by atomic mass is 35.5. The number of nitrogens with zero attached hydrogens (tertiary/aromatic N) is 2. The van der Waals surface area contributed by atoms with E-state index < -0.39 is 5.97 Å². The van der Waals surface area contributed by atoms with E-state index in [0.29, 0.717) is 16.5 Å². The van der Waals surface area contributed by atoms with Crippen LogP contribution >= 0.6 is 35.0 Å². The van der Waals surface area contributed by atoms with Gasteiger partial charge in [0.2, 0.25) is 0 Å². The van der Waals surface area contributed by atoms with E-state index in [1.807, 2.05) is 24.4 Å². The Bertz CT molecular complexity index is 1090. The number of carboxylic acid groups (broad SMARTS) is 1. The van der Waals surface area contributed by atoms with Gasteiger partial charge in [-0.1, -0.05) is 48.8 Å². The van der Waals surface area contributed by atoms with E-state index in [-0.39, 0.29) is 18.3 Å². The van der Waals surface area contributed by atoms with Crippen LogP contribution in [0.1, 0.15) is 56.3 Å². The van der Waals surface area contributed by atoms with Crippen molar-refractivity contribution in [3.8, 4) is 0 Å². The molecule has 0 spiro atoms. The molecule has 1 aliphatic rings. The minimum atomic E-state index is -0.747. The number of aromatic nitrogens is 2. The van der Waals surface area contributed by atoms with Gasteiger partial charge in [-0.2, -0.15) is 0 Å². The zero-order chi connectivity index (χ0) is 20.7. The van der Waals surface area contributed by atoms with Crippen molar-refractivity contribution in [3.63, 3.8) is 0 Å². The molecule has 7 heteroatoms. The van der Waals surface area contributed by atoms with Crippen LogP contribution in [0.5, 0.6) is 0 Å². The number of benzene rings is 1. The second kappa shape index (κ2) is 8.21. The van der Waals surface area contributed by atoms with Gasteiger partial charge in [0, 0.05) is 46.0 Å². The molecule has 0 saturated carbocycles. The number of halogens is 2. The Hall–Kier alpha value is -1.69. The molecule has 0 radical (unpaired) electrons. The van der Waals surface area contributed by atoms with Crippen LogP contribution in [0.15, 0.2) is 40.3 Å². The number of hydrogen-bond acceptors (Lipinski definition) is 3. The van der Waals surface area contributed by atoms with Crippen LogP contribution in [0, 0.1) is 0 Å². The fourth-order valence-electron chi connectivity index (χ4n) is 4.15. The van der Waals surface area contributed by atoms with Gasteiger partial charge in [-0.25, -0.2) is 0 Å². The minimum absolute atomic E-state index is 0.179. The largest absolute Gasteiger partial charge is 0.481 e.